The van der Waals surface area contributed by atoms with E-state index in [2.05, 4.69) is 20.4 Å². The van der Waals surface area contributed by atoms with E-state index in [1.807, 2.05) is 0 Å². The maximum absolute atomic E-state index is 14.2. The number of rotatable bonds is 6. The minimum atomic E-state index is -5.05. The van der Waals surface area contributed by atoms with Gasteiger partial charge in [0, 0.05) is 12.8 Å². The van der Waals surface area contributed by atoms with E-state index in [9.17, 15) is 27.2 Å². The Morgan fingerprint density at radius 1 is 1.34 bits per heavy atom. The minimum Gasteiger partial charge on any atom is -0.403 e. The predicted molar refractivity (Wildman–Crippen MR) is 106 cm³/mol. The highest BCUT2D eigenvalue weighted by Gasteiger charge is 2.33. The Morgan fingerprint density at radius 2 is 2.09 bits per heavy atom. The zero-order valence-corrected chi connectivity index (χ0v) is 17.1. The summed E-state index contributed by atoms with van der Waals surface area (Å²) in [4.78, 5) is 30.3. The molecule has 1 aliphatic heterocycles. The largest absolute Gasteiger partial charge is 0.573 e. The summed E-state index contributed by atoms with van der Waals surface area (Å²) in [5.74, 6) is -2.46. The van der Waals surface area contributed by atoms with Crippen molar-refractivity contribution in [2.45, 2.75) is 26.3 Å². The van der Waals surface area contributed by atoms with Gasteiger partial charge in [-0.3, -0.25) is 9.69 Å². The number of alkyl halides is 3. The van der Waals surface area contributed by atoms with Crippen molar-refractivity contribution >= 4 is 23.4 Å². The summed E-state index contributed by atoms with van der Waals surface area (Å²) in [5.41, 5.74) is 1.28. The molecule has 1 aromatic heterocycles. The third-order valence-electron chi connectivity index (χ3n) is 4.45. The number of urea groups is 1. The second-order valence-corrected chi connectivity index (χ2v) is 6.92. The lowest BCUT2D eigenvalue weighted by molar-refractivity contribution is -0.275. The molecule has 172 valence electrons. The van der Waals surface area contributed by atoms with Crippen molar-refractivity contribution in [3.63, 3.8) is 0 Å². The number of anilines is 2. The Morgan fingerprint density at radius 3 is 2.75 bits per heavy atom. The summed E-state index contributed by atoms with van der Waals surface area (Å²) in [6, 6.07) is 2.85. The van der Waals surface area contributed by atoms with E-state index in [0.29, 0.717) is 5.69 Å². The molecule has 32 heavy (non-hydrogen) atoms. The molecule has 1 aromatic carbocycles. The first-order chi connectivity index (χ1) is 15.1. The van der Waals surface area contributed by atoms with Gasteiger partial charge in [-0.2, -0.15) is 0 Å². The van der Waals surface area contributed by atoms with Crippen LogP contribution >= 0.6 is 0 Å². The predicted octanol–water partition coefficient (Wildman–Crippen LogP) is 3.67. The van der Waals surface area contributed by atoms with Gasteiger partial charge in [-0.1, -0.05) is 6.07 Å². The van der Waals surface area contributed by atoms with E-state index < -0.39 is 35.9 Å². The smallest absolute Gasteiger partial charge is 0.403 e. The number of fused-ring (bicyclic) bond motifs is 1. The van der Waals surface area contributed by atoms with Crippen LogP contribution in [0.1, 0.15) is 24.1 Å². The van der Waals surface area contributed by atoms with Gasteiger partial charge in [0.15, 0.2) is 17.4 Å². The molecule has 3 amide bonds. The maximum atomic E-state index is 14.2. The second-order valence-electron chi connectivity index (χ2n) is 6.92. The zero-order valence-electron chi connectivity index (χ0n) is 17.1. The molecule has 1 unspecified atom stereocenters. The van der Waals surface area contributed by atoms with Gasteiger partial charge < -0.3 is 20.1 Å². The Balaban J connectivity index is 1.84. The van der Waals surface area contributed by atoms with Crippen molar-refractivity contribution < 1.29 is 36.6 Å². The first-order valence-corrected chi connectivity index (χ1v) is 9.55. The number of nitrogens with zero attached hydrogens (tertiary/aromatic N) is 2. The van der Waals surface area contributed by atoms with Crippen molar-refractivity contribution in [2.24, 2.45) is 0 Å². The lowest BCUT2D eigenvalue weighted by atomic mass is 10.1. The van der Waals surface area contributed by atoms with Gasteiger partial charge in [-0.25, -0.2) is 14.2 Å². The minimum absolute atomic E-state index is 0.0879. The van der Waals surface area contributed by atoms with Crippen LogP contribution in [0.2, 0.25) is 0 Å². The van der Waals surface area contributed by atoms with Crippen LogP contribution in [-0.4, -0.2) is 43.0 Å². The molecule has 0 saturated carbocycles. The number of aromatic nitrogens is 1. The molecule has 1 atom stereocenters. The van der Waals surface area contributed by atoms with E-state index in [1.54, 1.807) is 19.9 Å². The fourth-order valence-electron chi connectivity index (χ4n) is 3.07. The Kier molecular flexibility index (Phi) is 6.82. The molecule has 3 rings (SSSR count). The number of carbonyl (C=O) groups excluding carboxylic acids is 2. The van der Waals surface area contributed by atoms with E-state index in [1.165, 1.54) is 12.3 Å². The van der Waals surface area contributed by atoms with Gasteiger partial charge in [0.25, 0.3) is 0 Å². The summed E-state index contributed by atoms with van der Waals surface area (Å²) < 4.78 is 60.3. The highest BCUT2D eigenvalue weighted by atomic mass is 19.4. The number of benzene rings is 1. The maximum Gasteiger partial charge on any atom is 0.573 e. The van der Waals surface area contributed by atoms with Crippen LogP contribution < -0.4 is 20.3 Å². The van der Waals surface area contributed by atoms with E-state index >= 15 is 0 Å². The Hall–Kier alpha value is -3.41. The summed E-state index contributed by atoms with van der Waals surface area (Å²) in [5, 5.41) is 5.26. The molecule has 2 heterocycles. The number of hydrogen-bond donors (Lipinski definition) is 2. The number of nitrogens with one attached hydrogen (secondary N) is 2. The molecule has 12 heteroatoms. The lowest BCUT2D eigenvalue weighted by Crippen LogP contribution is -2.49. The molecule has 8 nitrogen and oxygen atoms in total. The molecule has 2 N–H and O–H groups in total. The first kappa shape index (κ1) is 23.3. The average Bonchev–Trinajstić information content (AvgIpc) is 2.70. The van der Waals surface area contributed by atoms with Crippen LogP contribution in [-0.2, 0) is 9.53 Å². The van der Waals surface area contributed by atoms with E-state index in [0.717, 1.165) is 22.6 Å². The van der Waals surface area contributed by atoms with Gasteiger partial charge in [0.05, 0.1) is 18.3 Å². The normalized spacial score (nSPS) is 14.4. The van der Waals surface area contributed by atoms with Crippen molar-refractivity contribution in [1.29, 1.82) is 0 Å². The number of hydrogen-bond acceptors (Lipinski definition) is 5. The Labute approximate surface area is 180 Å². The van der Waals surface area contributed by atoms with Crippen LogP contribution in [0.15, 0.2) is 30.5 Å². The fraction of sp³-hybridized carbons (Fsp3) is 0.350. The number of carbonyl (C=O) groups is 2. The van der Waals surface area contributed by atoms with Gasteiger partial charge >= 0.3 is 12.4 Å². The Bertz CT molecular complexity index is 1020. The summed E-state index contributed by atoms with van der Waals surface area (Å²) in [7, 11) is 0. The topological polar surface area (TPSA) is 92.8 Å². The molecule has 2 aromatic rings. The van der Waals surface area contributed by atoms with Crippen LogP contribution in [0, 0.1) is 12.7 Å². The van der Waals surface area contributed by atoms with Crippen molar-refractivity contribution in [1.82, 2.24) is 10.3 Å². The molecule has 1 aliphatic rings. The molecule has 0 fully saturated rings. The van der Waals surface area contributed by atoms with Crippen LogP contribution in [0.5, 0.6) is 5.75 Å². The molecule has 0 aliphatic carbocycles. The SMILES string of the molecule is CCOCC(NC(=O)N1CC(=O)Nc2cc(C)cnc21)c1ccc(OC(F)(F)F)c(F)c1. The number of ether oxygens (including phenoxy) is 2. The number of halogens is 4. The molecule has 0 radical (unpaired) electrons. The second kappa shape index (κ2) is 9.39. The van der Waals surface area contributed by atoms with E-state index in [-0.39, 0.29) is 31.1 Å². The molecule has 0 saturated heterocycles. The van der Waals surface area contributed by atoms with Crippen molar-refractivity contribution in [2.75, 3.05) is 30.0 Å². The third-order valence-corrected chi connectivity index (χ3v) is 4.45. The summed E-state index contributed by atoms with van der Waals surface area (Å²) in [6.07, 6.45) is -3.52. The highest BCUT2D eigenvalue weighted by molar-refractivity contribution is 6.08. The van der Waals surface area contributed by atoms with Crippen molar-refractivity contribution in [3.05, 3.63) is 47.4 Å². The van der Waals surface area contributed by atoms with Gasteiger partial charge in [0.1, 0.15) is 6.54 Å². The first-order valence-electron chi connectivity index (χ1n) is 9.55. The zero-order chi connectivity index (χ0) is 23.5. The van der Waals surface area contributed by atoms with Crippen molar-refractivity contribution in [3.8, 4) is 5.75 Å². The standard InChI is InChI=1S/C20H20F4N4O4/c1-3-31-10-15(12-4-5-16(13(21)7-12)32-20(22,23)24)27-19(30)28-9-17(29)26-14-6-11(2)8-25-18(14)28/h4-8,15H,3,9-10H2,1-2H3,(H,26,29)(H,27,30). The third kappa shape index (κ3) is 5.63. The number of pyridine rings is 1. The quantitative estimate of drug-likeness (QED) is 0.647. The molecule has 0 spiro atoms. The average molecular weight is 456 g/mol. The number of amides is 3. The highest BCUT2D eigenvalue weighted by Crippen LogP contribution is 2.30. The molecular weight excluding hydrogens is 436 g/mol. The summed E-state index contributed by atoms with van der Waals surface area (Å²) >= 11 is 0. The van der Waals surface area contributed by atoms with Gasteiger partial charge in [-0.05, 0) is 43.2 Å². The monoisotopic (exact) mass is 456 g/mol. The molecule has 0 bridgehead atoms. The molecular formula is C20H20F4N4O4. The van der Waals surface area contributed by atoms with Crippen LogP contribution in [0.3, 0.4) is 0 Å². The van der Waals surface area contributed by atoms with Crippen LogP contribution in [0.4, 0.5) is 33.9 Å². The fourth-order valence-corrected chi connectivity index (χ4v) is 3.07. The lowest BCUT2D eigenvalue weighted by Gasteiger charge is -2.30. The van der Waals surface area contributed by atoms with E-state index in [4.69, 9.17) is 4.74 Å². The van der Waals surface area contributed by atoms with Crippen LogP contribution in [0.25, 0.3) is 0 Å². The van der Waals surface area contributed by atoms with Gasteiger partial charge in [-0.15, -0.1) is 13.2 Å². The summed E-state index contributed by atoms with van der Waals surface area (Å²) in [6.45, 7) is 3.37. The van der Waals surface area contributed by atoms with Gasteiger partial charge in [0.2, 0.25) is 5.91 Å². The number of aryl methyl sites for hydroxylation is 1.